The third kappa shape index (κ3) is 3.82. The number of rotatable bonds is 6. The first-order valence-corrected chi connectivity index (χ1v) is 7.05. The van der Waals surface area contributed by atoms with E-state index in [4.69, 9.17) is 4.42 Å². The van der Waals surface area contributed by atoms with E-state index < -0.39 is 0 Å². The molecular formula is C14H24N2O2. The molecule has 4 heteroatoms. The molecule has 1 aromatic rings. The molecule has 2 N–H and O–H groups in total. The summed E-state index contributed by atoms with van der Waals surface area (Å²) < 4.78 is 5.46. The second kappa shape index (κ2) is 6.90. The summed E-state index contributed by atoms with van der Waals surface area (Å²) in [7, 11) is 0. The standard InChI is InChI=1S/C14H24N2O2/c1-11-9-16-14(18-11)10-15-13(7-8-17)12-5-3-2-4-6-12/h9,12-13,15,17H,2-8,10H2,1H3. The van der Waals surface area contributed by atoms with Gasteiger partial charge in [-0.05, 0) is 32.1 Å². The van der Waals surface area contributed by atoms with Crippen molar-refractivity contribution in [2.75, 3.05) is 6.61 Å². The molecule has 4 nitrogen and oxygen atoms in total. The number of aliphatic hydroxyl groups is 1. The molecule has 1 fully saturated rings. The summed E-state index contributed by atoms with van der Waals surface area (Å²) in [4.78, 5) is 4.20. The van der Waals surface area contributed by atoms with E-state index in [2.05, 4.69) is 10.3 Å². The van der Waals surface area contributed by atoms with Crippen LogP contribution in [-0.2, 0) is 6.54 Å². The van der Waals surface area contributed by atoms with Gasteiger partial charge in [0, 0.05) is 12.6 Å². The third-order valence-corrected chi connectivity index (χ3v) is 3.84. The Morgan fingerprint density at radius 2 is 2.22 bits per heavy atom. The average molecular weight is 252 g/mol. The summed E-state index contributed by atoms with van der Waals surface area (Å²) in [5.74, 6) is 2.29. The van der Waals surface area contributed by atoms with Crippen LogP contribution in [0.25, 0.3) is 0 Å². The van der Waals surface area contributed by atoms with Crippen LogP contribution >= 0.6 is 0 Å². The Balaban J connectivity index is 1.85. The maximum Gasteiger partial charge on any atom is 0.208 e. The van der Waals surface area contributed by atoms with E-state index in [-0.39, 0.29) is 6.61 Å². The van der Waals surface area contributed by atoms with Crippen molar-refractivity contribution in [3.05, 3.63) is 17.8 Å². The lowest BCUT2D eigenvalue weighted by Gasteiger charge is -2.30. The maximum absolute atomic E-state index is 9.19. The molecule has 0 aromatic carbocycles. The number of aromatic nitrogens is 1. The molecule has 0 radical (unpaired) electrons. The van der Waals surface area contributed by atoms with E-state index in [1.54, 1.807) is 6.20 Å². The number of nitrogens with zero attached hydrogens (tertiary/aromatic N) is 1. The van der Waals surface area contributed by atoms with Crippen molar-refractivity contribution in [1.82, 2.24) is 10.3 Å². The minimum absolute atomic E-state index is 0.249. The number of hydrogen-bond acceptors (Lipinski definition) is 4. The molecule has 1 saturated carbocycles. The first-order valence-electron chi connectivity index (χ1n) is 7.05. The highest BCUT2D eigenvalue weighted by molar-refractivity contribution is 4.91. The molecule has 1 aromatic heterocycles. The van der Waals surface area contributed by atoms with Crippen LogP contribution in [-0.4, -0.2) is 22.7 Å². The number of aryl methyl sites for hydroxylation is 1. The molecule has 1 atom stereocenters. The van der Waals surface area contributed by atoms with E-state index >= 15 is 0 Å². The lowest BCUT2D eigenvalue weighted by Crippen LogP contribution is -2.37. The fraction of sp³-hybridized carbons (Fsp3) is 0.786. The average Bonchev–Trinajstić information content (AvgIpc) is 2.81. The van der Waals surface area contributed by atoms with Crippen molar-refractivity contribution >= 4 is 0 Å². The van der Waals surface area contributed by atoms with E-state index in [0.717, 1.165) is 18.1 Å². The molecule has 0 bridgehead atoms. The van der Waals surface area contributed by atoms with Gasteiger partial charge in [0.15, 0.2) is 0 Å². The SMILES string of the molecule is Cc1cnc(CNC(CCO)C2CCCCC2)o1. The van der Waals surface area contributed by atoms with E-state index in [9.17, 15) is 5.11 Å². The highest BCUT2D eigenvalue weighted by atomic mass is 16.4. The van der Waals surface area contributed by atoms with Crippen LogP contribution in [0.15, 0.2) is 10.6 Å². The van der Waals surface area contributed by atoms with Gasteiger partial charge in [0.1, 0.15) is 5.76 Å². The summed E-state index contributed by atoms with van der Waals surface area (Å²) in [5.41, 5.74) is 0. The van der Waals surface area contributed by atoms with Gasteiger partial charge < -0.3 is 14.8 Å². The van der Waals surface area contributed by atoms with E-state index in [0.29, 0.717) is 18.5 Å². The zero-order chi connectivity index (χ0) is 12.8. The van der Waals surface area contributed by atoms with Gasteiger partial charge in [-0.2, -0.15) is 0 Å². The van der Waals surface area contributed by atoms with Gasteiger partial charge in [-0.15, -0.1) is 0 Å². The fourth-order valence-corrected chi connectivity index (χ4v) is 2.88. The van der Waals surface area contributed by atoms with Crippen LogP contribution in [0.1, 0.15) is 50.2 Å². The topological polar surface area (TPSA) is 58.3 Å². The largest absolute Gasteiger partial charge is 0.445 e. The molecule has 102 valence electrons. The first-order chi connectivity index (χ1) is 8.79. The van der Waals surface area contributed by atoms with Crippen molar-refractivity contribution in [1.29, 1.82) is 0 Å². The van der Waals surface area contributed by atoms with Gasteiger partial charge in [0.05, 0.1) is 12.7 Å². The predicted molar refractivity (Wildman–Crippen MR) is 70.1 cm³/mol. The Hall–Kier alpha value is -0.870. The van der Waals surface area contributed by atoms with Gasteiger partial charge in [0.2, 0.25) is 5.89 Å². The first kappa shape index (κ1) is 13.6. The molecule has 1 unspecified atom stereocenters. The summed E-state index contributed by atoms with van der Waals surface area (Å²) in [6.07, 6.45) is 9.15. The minimum Gasteiger partial charge on any atom is -0.445 e. The summed E-state index contributed by atoms with van der Waals surface area (Å²) in [5, 5.41) is 12.7. The zero-order valence-corrected chi connectivity index (χ0v) is 11.2. The van der Waals surface area contributed by atoms with Crippen molar-refractivity contribution in [2.24, 2.45) is 5.92 Å². The van der Waals surface area contributed by atoms with Crippen LogP contribution in [0.5, 0.6) is 0 Å². The Labute approximate surface area is 109 Å². The van der Waals surface area contributed by atoms with Gasteiger partial charge >= 0.3 is 0 Å². The molecule has 0 amide bonds. The number of oxazole rings is 1. The second-order valence-corrected chi connectivity index (χ2v) is 5.26. The van der Waals surface area contributed by atoms with Gasteiger partial charge in [-0.25, -0.2) is 4.98 Å². The van der Waals surface area contributed by atoms with Gasteiger partial charge in [-0.1, -0.05) is 19.3 Å². The number of hydrogen-bond donors (Lipinski definition) is 2. The summed E-state index contributed by atoms with van der Waals surface area (Å²) >= 11 is 0. The summed E-state index contributed by atoms with van der Waals surface area (Å²) in [6.45, 7) is 2.82. The lowest BCUT2D eigenvalue weighted by atomic mass is 9.83. The summed E-state index contributed by atoms with van der Waals surface area (Å²) in [6, 6.07) is 0.391. The van der Waals surface area contributed by atoms with Crippen molar-refractivity contribution in [3.8, 4) is 0 Å². The van der Waals surface area contributed by atoms with Crippen molar-refractivity contribution in [3.63, 3.8) is 0 Å². The molecular weight excluding hydrogens is 228 g/mol. The Morgan fingerprint density at radius 1 is 1.44 bits per heavy atom. The molecule has 1 aliphatic carbocycles. The van der Waals surface area contributed by atoms with Gasteiger partial charge in [-0.3, -0.25) is 0 Å². The Kier molecular flexibility index (Phi) is 5.20. The quantitative estimate of drug-likeness (QED) is 0.816. The highest BCUT2D eigenvalue weighted by Gasteiger charge is 2.23. The zero-order valence-electron chi connectivity index (χ0n) is 11.2. The molecule has 0 spiro atoms. The van der Waals surface area contributed by atoms with Crippen LogP contribution < -0.4 is 5.32 Å². The normalized spacial score (nSPS) is 19.0. The molecule has 18 heavy (non-hydrogen) atoms. The number of nitrogens with one attached hydrogen (secondary N) is 1. The Bertz CT molecular complexity index is 345. The lowest BCUT2D eigenvalue weighted by molar-refractivity contribution is 0.202. The van der Waals surface area contributed by atoms with E-state index in [1.165, 1.54) is 32.1 Å². The predicted octanol–water partition coefficient (Wildman–Crippen LogP) is 2.40. The minimum atomic E-state index is 0.249. The van der Waals surface area contributed by atoms with Crippen molar-refractivity contribution < 1.29 is 9.52 Å². The molecule has 1 heterocycles. The van der Waals surface area contributed by atoms with Gasteiger partial charge in [0.25, 0.3) is 0 Å². The van der Waals surface area contributed by atoms with Crippen LogP contribution in [0.4, 0.5) is 0 Å². The third-order valence-electron chi connectivity index (χ3n) is 3.84. The maximum atomic E-state index is 9.19. The highest BCUT2D eigenvalue weighted by Crippen LogP contribution is 2.27. The molecule has 0 aliphatic heterocycles. The van der Waals surface area contributed by atoms with Crippen molar-refractivity contribution in [2.45, 2.75) is 58.0 Å². The van der Waals surface area contributed by atoms with Crippen LogP contribution in [0.3, 0.4) is 0 Å². The molecule has 1 aliphatic rings. The monoisotopic (exact) mass is 252 g/mol. The number of aliphatic hydroxyl groups excluding tert-OH is 1. The molecule has 0 saturated heterocycles. The van der Waals surface area contributed by atoms with Crippen LogP contribution in [0, 0.1) is 12.8 Å². The van der Waals surface area contributed by atoms with E-state index in [1.807, 2.05) is 6.92 Å². The van der Waals surface area contributed by atoms with Crippen LogP contribution in [0.2, 0.25) is 0 Å². The smallest absolute Gasteiger partial charge is 0.208 e. The second-order valence-electron chi connectivity index (χ2n) is 5.26. The Morgan fingerprint density at radius 3 is 2.83 bits per heavy atom. The molecule has 2 rings (SSSR count). The fourth-order valence-electron chi connectivity index (χ4n) is 2.88.